The van der Waals surface area contributed by atoms with E-state index in [2.05, 4.69) is 20.6 Å². The number of anilines is 1. The van der Waals surface area contributed by atoms with Crippen LogP contribution in [0.1, 0.15) is 63.9 Å². The number of halogens is 6. The minimum atomic E-state index is -4.66. The molecule has 3 heterocycles. The van der Waals surface area contributed by atoms with Gasteiger partial charge in [0.1, 0.15) is 22.9 Å². The molecule has 0 unspecified atom stereocenters. The van der Waals surface area contributed by atoms with Gasteiger partial charge in [0, 0.05) is 19.0 Å². The number of nitrogens with zero attached hydrogens (tertiary/aromatic N) is 7. The highest BCUT2D eigenvalue weighted by molar-refractivity contribution is 6.00. The smallest absolute Gasteiger partial charge is 0.444 e. The molecule has 0 radical (unpaired) electrons. The normalized spacial score (nSPS) is 16.6. The van der Waals surface area contributed by atoms with Gasteiger partial charge in [0.05, 0.1) is 29.6 Å². The molecular formula is C31H30F6N8O4. The Hall–Kier alpha value is -5.34. The van der Waals surface area contributed by atoms with E-state index in [0.29, 0.717) is 11.6 Å². The van der Waals surface area contributed by atoms with E-state index in [-0.39, 0.29) is 11.6 Å². The number of hydrogen-bond donors (Lipinski definition) is 1. The number of nitrogens with one attached hydrogen (secondary N) is 1. The summed E-state index contributed by atoms with van der Waals surface area (Å²) < 4.78 is 98.1. The standard InChI is InChI=1S/C31H30F6N8O4/c1-28(2,3)49-27(47)39-21-13-30(33,34)19-12-20(32)18(23-40-41-26(48-23)29(4,5)15-38)11-22(19)44(24(21)46)14-16-7-9-17(10-8-16)45-42-25(43(45)6)31(35,36)37/h7-12,21H,13-14H2,1-6H3,(H,39,47)/t21-/m0/s1. The van der Waals surface area contributed by atoms with Gasteiger partial charge in [-0.25, -0.2) is 22.6 Å². The fourth-order valence-electron chi connectivity index (χ4n) is 5.02. The molecule has 1 atom stereocenters. The van der Waals surface area contributed by atoms with E-state index in [1.165, 1.54) is 45.2 Å². The summed E-state index contributed by atoms with van der Waals surface area (Å²) in [6, 6.07) is 7.30. The van der Waals surface area contributed by atoms with Crippen LogP contribution in [0.3, 0.4) is 0 Å². The average molecular weight is 693 g/mol. The van der Waals surface area contributed by atoms with Crippen LogP contribution in [-0.2, 0) is 40.6 Å². The number of aromatic nitrogens is 5. The Labute approximate surface area is 275 Å². The first-order chi connectivity index (χ1) is 22.6. The van der Waals surface area contributed by atoms with Gasteiger partial charge in [-0.05, 0) is 64.4 Å². The molecule has 0 saturated carbocycles. The molecule has 0 fully saturated rings. The second-order valence-corrected chi connectivity index (χ2v) is 12.9. The molecule has 2 aromatic carbocycles. The van der Waals surface area contributed by atoms with Gasteiger partial charge in [-0.1, -0.05) is 12.1 Å². The molecule has 1 aliphatic heterocycles. The molecule has 2 aromatic heterocycles. The van der Waals surface area contributed by atoms with Gasteiger partial charge < -0.3 is 19.4 Å². The number of carbonyl (C=O) groups excluding carboxylic acids is 2. The summed E-state index contributed by atoms with van der Waals surface area (Å²) in [4.78, 5) is 28.6. The predicted molar refractivity (Wildman–Crippen MR) is 159 cm³/mol. The van der Waals surface area contributed by atoms with Crippen molar-refractivity contribution in [2.75, 3.05) is 4.90 Å². The lowest BCUT2D eigenvalue weighted by molar-refractivity contribution is -0.155. The molecule has 2 amide bonds. The molecule has 1 aliphatic rings. The zero-order valence-corrected chi connectivity index (χ0v) is 27.0. The van der Waals surface area contributed by atoms with Gasteiger partial charge in [-0.2, -0.15) is 23.2 Å². The quantitative estimate of drug-likeness (QED) is 0.237. The maximum atomic E-state index is 15.9. The number of benzene rings is 2. The summed E-state index contributed by atoms with van der Waals surface area (Å²) in [6.45, 7) is 7.18. The summed E-state index contributed by atoms with van der Waals surface area (Å²) >= 11 is 0. The lowest BCUT2D eigenvalue weighted by Crippen LogP contribution is -2.49. The Morgan fingerprint density at radius 2 is 1.78 bits per heavy atom. The van der Waals surface area contributed by atoms with Gasteiger partial charge in [0.2, 0.25) is 11.8 Å². The predicted octanol–water partition coefficient (Wildman–Crippen LogP) is 6.14. The van der Waals surface area contributed by atoms with Crippen molar-refractivity contribution in [2.45, 2.75) is 76.7 Å². The van der Waals surface area contributed by atoms with Crippen LogP contribution in [0.15, 0.2) is 40.8 Å². The maximum absolute atomic E-state index is 15.9. The second-order valence-electron chi connectivity index (χ2n) is 12.9. The number of nitriles is 1. The van der Waals surface area contributed by atoms with E-state index in [0.717, 1.165) is 20.4 Å². The second kappa shape index (κ2) is 12.0. The highest BCUT2D eigenvalue weighted by Gasteiger charge is 2.47. The third kappa shape index (κ3) is 6.96. The average Bonchev–Trinajstić information content (AvgIpc) is 3.46. The molecule has 5 rings (SSSR count). The van der Waals surface area contributed by atoms with E-state index in [9.17, 15) is 28.0 Å². The Balaban J connectivity index is 1.58. The van der Waals surface area contributed by atoms with Gasteiger partial charge >= 0.3 is 12.3 Å². The summed E-state index contributed by atoms with van der Waals surface area (Å²) in [5, 5.41) is 22.7. The summed E-state index contributed by atoms with van der Waals surface area (Å²) in [5.41, 5.74) is -3.48. The van der Waals surface area contributed by atoms with Crippen molar-refractivity contribution in [3.63, 3.8) is 0 Å². The summed E-state index contributed by atoms with van der Waals surface area (Å²) in [7, 11) is 1.17. The lowest BCUT2D eigenvalue weighted by Gasteiger charge is -2.27. The Bertz CT molecular complexity index is 1950. The van der Waals surface area contributed by atoms with Crippen molar-refractivity contribution in [1.29, 1.82) is 5.26 Å². The molecule has 260 valence electrons. The van der Waals surface area contributed by atoms with Crippen LogP contribution in [0.5, 0.6) is 0 Å². The van der Waals surface area contributed by atoms with E-state index in [4.69, 9.17) is 9.15 Å². The highest BCUT2D eigenvalue weighted by Crippen LogP contribution is 2.45. The minimum absolute atomic E-state index is 0.168. The Morgan fingerprint density at radius 1 is 1.12 bits per heavy atom. The van der Waals surface area contributed by atoms with Crippen molar-refractivity contribution in [3.05, 3.63) is 65.1 Å². The molecule has 0 spiro atoms. The van der Waals surface area contributed by atoms with Crippen molar-refractivity contribution in [3.8, 4) is 23.2 Å². The van der Waals surface area contributed by atoms with Gasteiger partial charge in [-0.15, -0.1) is 15.3 Å². The molecule has 18 heteroatoms. The summed E-state index contributed by atoms with van der Waals surface area (Å²) in [5.74, 6) is -7.76. The number of amides is 2. The number of hydrogen-bond acceptors (Lipinski definition) is 8. The monoisotopic (exact) mass is 692 g/mol. The zero-order valence-electron chi connectivity index (χ0n) is 27.0. The van der Waals surface area contributed by atoms with Crippen LogP contribution in [0, 0.1) is 17.1 Å². The Morgan fingerprint density at radius 3 is 2.35 bits per heavy atom. The number of carbonyl (C=O) groups is 2. The molecule has 1 N–H and O–H groups in total. The van der Waals surface area contributed by atoms with Crippen LogP contribution in [0.4, 0.5) is 36.8 Å². The number of alkyl carbamates (subject to hydrolysis) is 1. The van der Waals surface area contributed by atoms with Crippen molar-refractivity contribution >= 4 is 17.7 Å². The van der Waals surface area contributed by atoms with E-state index in [1.54, 1.807) is 20.8 Å². The number of rotatable bonds is 6. The van der Waals surface area contributed by atoms with Gasteiger partial charge in [0.15, 0.2) is 0 Å². The SMILES string of the molecule is Cn1c(C(F)(F)F)nn1-c1ccc(CN2C(=O)[C@@H](NC(=O)OC(C)(C)C)CC(F)(F)c3cc(F)c(-c4nnc(C(C)(C)C#N)o4)cc32)cc1. The van der Waals surface area contributed by atoms with E-state index >= 15 is 13.2 Å². The number of alkyl halides is 5. The molecule has 0 bridgehead atoms. The molecule has 0 aliphatic carbocycles. The minimum Gasteiger partial charge on any atom is -0.444 e. The first-order valence-electron chi connectivity index (χ1n) is 14.7. The largest absolute Gasteiger partial charge is 0.453 e. The fraction of sp³-hybridized carbons (Fsp3) is 0.419. The third-order valence-corrected chi connectivity index (χ3v) is 7.50. The molecule has 49 heavy (non-hydrogen) atoms. The van der Waals surface area contributed by atoms with Crippen LogP contribution < -0.4 is 10.2 Å². The zero-order chi connectivity index (χ0) is 36.3. The molecule has 4 aromatic rings. The number of fused-ring (bicyclic) bond motifs is 1. The van der Waals surface area contributed by atoms with E-state index < -0.39 is 88.5 Å². The van der Waals surface area contributed by atoms with Crippen molar-refractivity contribution < 1.29 is 45.1 Å². The van der Waals surface area contributed by atoms with Crippen molar-refractivity contribution in [1.82, 2.24) is 30.1 Å². The van der Waals surface area contributed by atoms with Crippen LogP contribution in [0.25, 0.3) is 17.1 Å². The Kier molecular flexibility index (Phi) is 8.54. The highest BCUT2D eigenvalue weighted by atomic mass is 19.4. The van der Waals surface area contributed by atoms with E-state index in [1.807, 2.05) is 6.07 Å². The fourth-order valence-corrected chi connectivity index (χ4v) is 5.02. The van der Waals surface area contributed by atoms with Gasteiger partial charge in [0.25, 0.3) is 17.6 Å². The van der Waals surface area contributed by atoms with Crippen LogP contribution in [-0.4, -0.2) is 48.4 Å². The van der Waals surface area contributed by atoms with Gasteiger partial charge in [-0.3, -0.25) is 4.79 Å². The van der Waals surface area contributed by atoms with Crippen molar-refractivity contribution in [2.24, 2.45) is 7.05 Å². The molecular weight excluding hydrogens is 662 g/mol. The first kappa shape index (κ1) is 35.0. The van der Waals surface area contributed by atoms with Crippen LogP contribution >= 0.6 is 0 Å². The van der Waals surface area contributed by atoms with Crippen LogP contribution in [0.2, 0.25) is 0 Å². The number of ether oxygens (including phenoxy) is 1. The molecule has 0 saturated heterocycles. The topological polar surface area (TPSA) is 144 Å². The first-order valence-corrected chi connectivity index (χ1v) is 14.7. The third-order valence-electron chi connectivity index (χ3n) is 7.50. The maximum Gasteiger partial charge on any atom is 0.453 e. The summed E-state index contributed by atoms with van der Waals surface area (Å²) in [6.07, 6.45) is -7.04. The lowest BCUT2D eigenvalue weighted by atomic mass is 9.96. The molecule has 12 nitrogen and oxygen atoms in total.